The summed E-state index contributed by atoms with van der Waals surface area (Å²) in [6, 6.07) is 2.73. The highest BCUT2D eigenvalue weighted by Gasteiger charge is 2.17. The van der Waals surface area contributed by atoms with Crippen LogP contribution in [-0.4, -0.2) is 30.1 Å². The maximum Gasteiger partial charge on any atom is 0.101 e. The van der Waals surface area contributed by atoms with Crippen molar-refractivity contribution in [1.29, 1.82) is 5.26 Å². The summed E-state index contributed by atoms with van der Waals surface area (Å²) in [5, 5.41) is 8.73. The monoisotopic (exact) mass is 197 g/mol. The van der Waals surface area contributed by atoms with Crippen LogP contribution in [0.3, 0.4) is 0 Å². The number of nitriles is 1. The molecule has 14 heavy (non-hydrogen) atoms. The topological polar surface area (TPSA) is 53.0 Å². The molecule has 82 valence electrons. The molecule has 3 heteroatoms. The first-order valence-electron chi connectivity index (χ1n) is 5.33. The van der Waals surface area contributed by atoms with Crippen molar-refractivity contribution in [2.75, 3.05) is 13.6 Å². The van der Waals surface area contributed by atoms with Crippen molar-refractivity contribution >= 4 is 0 Å². The minimum atomic E-state index is -0.656. The molecule has 0 spiro atoms. The Kier molecular flexibility index (Phi) is 5.75. The summed E-state index contributed by atoms with van der Waals surface area (Å²) in [7, 11) is 2.12. The molecule has 0 bridgehead atoms. The molecular formula is C11H23N3. The first-order chi connectivity index (χ1) is 6.43. The molecule has 0 aromatic heterocycles. The standard InChI is InChI=1S/C11H23N3/c1-5-10(2)14(4)8-6-7-11(3,13)9-12/h10H,5-8,13H2,1-4H3. The summed E-state index contributed by atoms with van der Waals surface area (Å²) >= 11 is 0. The normalized spacial score (nSPS) is 17.5. The fourth-order valence-corrected chi connectivity index (χ4v) is 1.28. The summed E-state index contributed by atoms with van der Waals surface area (Å²) in [5.74, 6) is 0. The van der Waals surface area contributed by atoms with Gasteiger partial charge in [-0.2, -0.15) is 5.26 Å². The van der Waals surface area contributed by atoms with E-state index in [9.17, 15) is 0 Å². The van der Waals surface area contributed by atoms with Gasteiger partial charge >= 0.3 is 0 Å². The Balaban J connectivity index is 3.70. The molecule has 0 saturated heterocycles. The van der Waals surface area contributed by atoms with Gasteiger partial charge < -0.3 is 10.6 Å². The van der Waals surface area contributed by atoms with E-state index in [1.165, 1.54) is 0 Å². The van der Waals surface area contributed by atoms with Crippen LogP contribution in [0.1, 0.15) is 40.0 Å². The highest BCUT2D eigenvalue weighted by Crippen LogP contribution is 2.09. The van der Waals surface area contributed by atoms with Gasteiger partial charge in [-0.05, 0) is 46.7 Å². The predicted molar refractivity (Wildman–Crippen MR) is 59.8 cm³/mol. The summed E-state index contributed by atoms with van der Waals surface area (Å²) in [5.41, 5.74) is 5.07. The van der Waals surface area contributed by atoms with Crippen molar-refractivity contribution in [1.82, 2.24) is 4.90 Å². The predicted octanol–water partition coefficient (Wildman–Crippen LogP) is 1.74. The van der Waals surface area contributed by atoms with Gasteiger partial charge in [-0.1, -0.05) is 6.92 Å². The van der Waals surface area contributed by atoms with E-state index in [-0.39, 0.29) is 0 Å². The van der Waals surface area contributed by atoms with Crippen molar-refractivity contribution in [2.45, 2.75) is 51.6 Å². The van der Waals surface area contributed by atoms with Crippen LogP contribution in [-0.2, 0) is 0 Å². The van der Waals surface area contributed by atoms with Crippen LogP contribution in [0.5, 0.6) is 0 Å². The van der Waals surface area contributed by atoms with Crippen LogP contribution in [0.4, 0.5) is 0 Å². The smallest absolute Gasteiger partial charge is 0.101 e. The van der Waals surface area contributed by atoms with Gasteiger partial charge in [0.05, 0.1) is 6.07 Å². The molecule has 2 N–H and O–H groups in total. The molecule has 0 aromatic carbocycles. The molecule has 0 aliphatic heterocycles. The largest absolute Gasteiger partial charge is 0.314 e. The zero-order valence-corrected chi connectivity index (χ0v) is 9.88. The Bertz CT molecular complexity index is 193. The van der Waals surface area contributed by atoms with Crippen LogP contribution < -0.4 is 5.73 Å². The minimum Gasteiger partial charge on any atom is -0.314 e. The van der Waals surface area contributed by atoms with Crippen molar-refractivity contribution < 1.29 is 0 Å². The Labute approximate surface area is 87.9 Å². The van der Waals surface area contributed by atoms with Crippen LogP contribution in [0.25, 0.3) is 0 Å². The third-order valence-electron chi connectivity index (χ3n) is 2.81. The average Bonchev–Trinajstić information content (AvgIpc) is 2.16. The van der Waals surface area contributed by atoms with E-state index in [1.54, 1.807) is 6.92 Å². The quantitative estimate of drug-likeness (QED) is 0.705. The van der Waals surface area contributed by atoms with Crippen LogP contribution in [0.2, 0.25) is 0 Å². The van der Waals surface area contributed by atoms with Crippen molar-refractivity contribution in [3.05, 3.63) is 0 Å². The number of nitrogens with two attached hydrogens (primary N) is 1. The first kappa shape index (κ1) is 13.4. The Hall–Kier alpha value is -0.590. The molecule has 0 rings (SSSR count). The van der Waals surface area contributed by atoms with Crippen molar-refractivity contribution in [2.24, 2.45) is 5.73 Å². The number of nitrogens with zero attached hydrogens (tertiary/aromatic N) is 2. The molecule has 0 aliphatic carbocycles. The van der Waals surface area contributed by atoms with Crippen molar-refractivity contribution in [3.63, 3.8) is 0 Å². The fraction of sp³-hybridized carbons (Fsp3) is 0.909. The minimum absolute atomic E-state index is 0.612. The van der Waals surface area contributed by atoms with E-state index in [1.807, 2.05) is 0 Å². The second-order valence-corrected chi connectivity index (χ2v) is 4.37. The zero-order chi connectivity index (χ0) is 11.2. The maximum absolute atomic E-state index is 8.73. The molecular weight excluding hydrogens is 174 g/mol. The molecule has 2 atom stereocenters. The third kappa shape index (κ3) is 5.21. The maximum atomic E-state index is 8.73. The Morgan fingerprint density at radius 3 is 2.57 bits per heavy atom. The Morgan fingerprint density at radius 2 is 2.14 bits per heavy atom. The lowest BCUT2D eigenvalue weighted by Gasteiger charge is -2.24. The van der Waals surface area contributed by atoms with Crippen LogP contribution in [0, 0.1) is 11.3 Å². The molecule has 0 saturated carbocycles. The van der Waals surface area contributed by atoms with E-state index in [0.29, 0.717) is 6.04 Å². The van der Waals surface area contributed by atoms with Crippen LogP contribution in [0.15, 0.2) is 0 Å². The second-order valence-electron chi connectivity index (χ2n) is 4.37. The van der Waals surface area contributed by atoms with E-state index in [0.717, 1.165) is 25.8 Å². The van der Waals surface area contributed by atoms with Gasteiger partial charge in [-0.3, -0.25) is 0 Å². The highest BCUT2D eigenvalue weighted by molar-refractivity contribution is 5.00. The third-order valence-corrected chi connectivity index (χ3v) is 2.81. The first-order valence-corrected chi connectivity index (χ1v) is 5.33. The summed E-state index contributed by atoms with van der Waals surface area (Å²) < 4.78 is 0. The summed E-state index contributed by atoms with van der Waals surface area (Å²) in [6.45, 7) is 7.20. The van der Waals surface area contributed by atoms with Crippen molar-refractivity contribution in [3.8, 4) is 6.07 Å². The number of rotatable bonds is 6. The SMILES string of the molecule is CCC(C)N(C)CCCC(C)(N)C#N. The second kappa shape index (κ2) is 6.00. The number of hydrogen-bond donors (Lipinski definition) is 1. The lowest BCUT2D eigenvalue weighted by molar-refractivity contribution is 0.242. The molecule has 0 aliphatic rings. The molecule has 0 aromatic rings. The van der Waals surface area contributed by atoms with Gasteiger partial charge in [0, 0.05) is 6.04 Å². The molecule has 2 unspecified atom stereocenters. The molecule has 0 amide bonds. The molecule has 3 nitrogen and oxygen atoms in total. The molecule has 0 heterocycles. The Morgan fingerprint density at radius 1 is 1.57 bits per heavy atom. The molecule has 0 radical (unpaired) electrons. The molecule has 0 fully saturated rings. The van der Waals surface area contributed by atoms with Gasteiger partial charge in [-0.15, -0.1) is 0 Å². The van der Waals surface area contributed by atoms with E-state index < -0.39 is 5.54 Å². The van der Waals surface area contributed by atoms with Gasteiger partial charge in [0.25, 0.3) is 0 Å². The lowest BCUT2D eigenvalue weighted by atomic mass is 9.99. The average molecular weight is 197 g/mol. The summed E-state index contributed by atoms with van der Waals surface area (Å²) in [6.07, 6.45) is 2.92. The zero-order valence-electron chi connectivity index (χ0n) is 9.88. The van der Waals surface area contributed by atoms with Gasteiger partial charge in [0.2, 0.25) is 0 Å². The van der Waals surface area contributed by atoms with Crippen LogP contribution >= 0.6 is 0 Å². The number of hydrogen-bond acceptors (Lipinski definition) is 3. The highest BCUT2D eigenvalue weighted by atomic mass is 15.1. The van der Waals surface area contributed by atoms with E-state index in [2.05, 4.69) is 31.9 Å². The summed E-state index contributed by atoms with van der Waals surface area (Å²) in [4.78, 5) is 2.31. The van der Waals surface area contributed by atoms with Gasteiger partial charge in [0.15, 0.2) is 0 Å². The van der Waals surface area contributed by atoms with Gasteiger partial charge in [0.1, 0.15) is 5.54 Å². The lowest BCUT2D eigenvalue weighted by Crippen LogP contribution is -2.36. The van der Waals surface area contributed by atoms with E-state index in [4.69, 9.17) is 11.0 Å². The van der Waals surface area contributed by atoms with E-state index >= 15 is 0 Å². The van der Waals surface area contributed by atoms with Gasteiger partial charge in [-0.25, -0.2) is 0 Å². The fourth-order valence-electron chi connectivity index (χ4n) is 1.28.